The predicted molar refractivity (Wildman–Crippen MR) is 56.6 cm³/mol. The molecule has 0 fully saturated rings. The molecular weight excluding hydrogens is 196 g/mol. The van der Waals surface area contributed by atoms with Crippen molar-refractivity contribution in [3.8, 4) is 0 Å². The van der Waals surface area contributed by atoms with Gasteiger partial charge in [-0.3, -0.25) is 4.79 Å². The minimum absolute atomic E-state index is 0.143. The second-order valence-corrected chi connectivity index (χ2v) is 3.60. The number of carbonyl (C=O) groups is 2. The Labute approximate surface area is 89.6 Å². The summed E-state index contributed by atoms with van der Waals surface area (Å²) in [5, 5.41) is 17.7. The summed E-state index contributed by atoms with van der Waals surface area (Å²) in [6.45, 7) is 7.16. The molecular formula is C11H18O4. The first kappa shape index (κ1) is 13.7. The highest BCUT2D eigenvalue weighted by molar-refractivity contribution is 5.93. The van der Waals surface area contributed by atoms with Crippen LogP contribution in [0.4, 0.5) is 0 Å². The van der Waals surface area contributed by atoms with Crippen LogP contribution in [0.3, 0.4) is 0 Å². The summed E-state index contributed by atoms with van der Waals surface area (Å²) in [5.74, 6) is -3.43. The molecule has 4 heteroatoms. The van der Waals surface area contributed by atoms with Crippen molar-refractivity contribution in [1.29, 1.82) is 0 Å². The number of rotatable bonds is 7. The van der Waals surface area contributed by atoms with Crippen LogP contribution in [0.25, 0.3) is 0 Å². The van der Waals surface area contributed by atoms with E-state index in [4.69, 9.17) is 10.2 Å². The van der Waals surface area contributed by atoms with Crippen LogP contribution in [0.5, 0.6) is 0 Å². The Morgan fingerprint density at radius 2 is 1.80 bits per heavy atom. The van der Waals surface area contributed by atoms with E-state index >= 15 is 0 Å². The molecule has 0 aromatic heterocycles. The number of aliphatic carboxylic acids is 2. The maximum atomic E-state index is 11.0. The van der Waals surface area contributed by atoms with Gasteiger partial charge in [-0.25, -0.2) is 4.79 Å². The summed E-state index contributed by atoms with van der Waals surface area (Å²) in [7, 11) is 0. The van der Waals surface area contributed by atoms with Crippen molar-refractivity contribution in [3.05, 3.63) is 12.2 Å². The molecule has 86 valence electrons. The number of hydrogen-bond donors (Lipinski definition) is 2. The highest BCUT2D eigenvalue weighted by Gasteiger charge is 2.32. The van der Waals surface area contributed by atoms with Gasteiger partial charge in [0, 0.05) is 5.57 Å². The molecule has 0 aliphatic heterocycles. The van der Waals surface area contributed by atoms with Crippen LogP contribution in [0.1, 0.15) is 33.1 Å². The maximum Gasteiger partial charge on any atom is 0.331 e. The van der Waals surface area contributed by atoms with Crippen LogP contribution in [0.15, 0.2) is 12.2 Å². The fourth-order valence-corrected chi connectivity index (χ4v) is 1.75. The van der Waals surface area contributed by atoms with Gasteiger partial charge in [-0.05, 0) is 12.3 Å². The largest absolute Gasteiger partial charge is 0.481 e. The normalized spacial score (nSPS) is 14.3. The van der Waals surface area contributed by atoms with Crippen molar-refractivity contribution in [3.63, 3.8) is 0 Å². The van der Waals surface area contributed by atoms with Crippen molar-refractivity contribution in [1.82, 2.24) is 0 Å². The molecule has 2 unspecified atom stereocenters. The Morgan fingerprint density at radius 3 is 2.07 bits per heavy atom. The molecule has 0 radical (unpaired) electrons. The average molecular weight is 214 g/mol. The predicted octanol–water partition coefficient (Wildman–Crippen LogP) is 2.15. The van der Waals surface area contributed by atoms with E-state index in [1.807, 2.05) is 13.8 Å². The molecule has 0 aliphatic carbocycles. The summed E-state index contributed by atoms with van der Waals surface area (Å²) in [4.78, 5) is 21.7. The summed E-state index contributed by atoms with van der Waals surface area (Å²) in [6, 6.07) is 0. The van der Waals surface area contributed by atoms with Crippen LogP contribution < -0.4 is 0 Å². The van der Waals surface area contributed by atoms with Gasteiger partial charge in [-0.15, -0.1) is 0 Å². The quantitative estimate of drug-likeness (QED) is 0.637. The lowest BCUT2D eigenvalue weighted by molar-refractivity contribution is -0.145. The monoisotopic (exact) mass is 214 g/mol. The Morgan fingerprint density at radius 1 is 1.27 bits per heavy atom. The summed E-state index contributed by atoms with van der Waals surface area (Å²) in [5.41, 5.74) is -0.220. The third kappa shape index (κ3) is 3.73. The molecule has 0 aromatic rings. The van der Waals surface area contributed by atoms with Crippen LogP contribution in [0.2, 0.25) is 0 Å². The van der Waals surface area contributed by atoms with E-state index in [0.29, 0.717) is 12.8 Å². The van der Waals surface area contributed by atoms with Gasteiger partial charge in [0.2, 0.25) is 0 Å². The number of carboxylic acid groups (broad SMARTS) is 2. The third-order valence-electron chi connectivity index (χ3n) is 2.57. The van der Waals surface area contributed by atoms with Crippen LogP contribution >= 0.6 is 0 Å². The fourth-order valence-electron chi connectivity index (χ4n) is 1.75. The van der Waals surface area contributed by atoms with E-state index in [9.17, 15) is 9.59 Å². The van der Waals surface area contributed by atoms with Crippen molar-refractivity contribution >= 4 is 11.9 Å². The third-order valence-corrected chi connectivity index (χ3v) is 2.57. The molecule has 0 bridgehead atoms. The first-order chi connectivity index (χ1) is 6.95. The molecule has 4 nitrogen and oxygen atoms in total. The minimum Gasteiger partial charge on any atom is -0.481 e. The first-order valence-corrected chi connectivity index (χ1v) is 5.10. The fraction of sp³-hybridized carbons (Fsp3) is 0.636. The molecule has 0 saturated carbocycles. The first-order valence-electron chi connectivity index (χ1n) is 5.10. The van der Waals surface area contributed by atoms with Crippen molar-refractivity contribution in [2.24, 2.45) is 11.8 Å². The van der Waals surface area contributed by atoms with Gasteiger partial charge in [-0.2, -0.15) is 0 Å². The van der Waals surface area contributed by atoms with Crippen molar-refractivity contribution < 1.29 is 19.8 Å². The minimum atomic E-state index is -1.23. The van der Waals surface area contributed by atoms with E-state index in [2.05, 4.69) is 6.58 Å². The van der Waals surface area contributed by atoms with Crippen LogP contribution in [-0.4, -0.2) is 22.2 Å². The SMILES string of the molecule is C=C(C(=O)O)C(C(=O)O)C(CC)CCC. The van der Waals surface area contributed by atoms with Gasteiger partial charge in [0.15, 0.2) is 0 Å². The molecule has 2 atom stereocenters. The highest BCUT2D eigenvalue weighted by Crippen LogP contribution is 2.27. The molecule has 0 heterocycles. The summed E-state index contributed by atoms with van der Waals surface area (Å²) < 4.78 is 0. The number of carboxylic acids is 2. The molecule has 0 amide bonds. The molecule has 0 aliphatic rings. The summed E-state index contributed by atoms with van der Waals surface area (Å²) in [6.07, 6.45) is 2.20. The Bertz CT molecular complexity index is 257. The average Bonchev–Trinajstić information content (AvgIpc) is 2.15. The van der Waals surface area contributed by atoms with Crippen LogP contribution in [-0.2, 0) is 9.59 Å². The standard InChI is InChI=1S/C11H18O4/c1-4-6-8(5-2)9(11(14)15)7(3)10(12)13/h8-9H,3-6H2,1-2H3,(H,12,13)(H,14,15). The molecule has 0 rings (SSSR count). The second kappa shape index (κ2) is 6.22. The van der Waals surface area contributed by atoms with Gasteiger partial charge in [0.25, 0.3) is 0 Å². The van der Waals surface area contributed by atoms with Crippen LogP contribution in [0, 0.1) is 11.8 Å². The Hall–Kier alpha value is -1.32. The topological polar surface area (TPSA) is 74.6 Å². The highest BCUT2D eigenvalue weighted by atomic mass is 16.4. The lowest BCUT2D eigenvalue weighted by Gasteiger charge is -2.22. The number of hydrogen-bond acceptors (Lipinski definition) is 2. The molecule has 0 saturated heterocycles. The Kier molecular flexibility index (Phi) is 5.67. The molecule has 15 heavy (non-hydrogen) atoms. The lowest BCUT2D eigenvalue weighted by atomic mass is 9.82. The molecule has 0 spiro atoms. The van der Waals surface area contributed by atoms with Gasteiger partial charge in [0.1, 0.15) is 0 Å². The van der Waals surface area contributed by atoms with Crippen molar-refractivity contribution in [2.45, 2.75) is 33.1 Å². The zero-order valence-electron chi connectivity index (χ0n) is 9.19. The van der Waals surface area contributed by atoms with E-state index in [1.54, 1.807) is 0 Å². The molecule has 2 N–H and O–H groups in total. The zero-order chi connectivity index (χ0) is 12.0. The van der Waals surface area contributed by atoms with Gasteiger partial charge < -0.3 is 10.2 Å². The van der Waals surface area contributed by atoms with E-state index < -0.39 is 17.9 Å². The lowest BCUT2D eigenvalue weighted by Crippen LogP contribution is -2.28. The zero-order valence-corrected chi connectivity index (χ0v) is 9.19. The maximum absolute atomic E-state index is 11.0. The van der Waals surface area contributed by atoms with E-state index in [1.165, 1.54) is 0 Å². The van der Waals surface area contributed by atoms with E-state index in [-0.39, 0.29) is 11.5 Å². The van der Waals surface area contributed by atoms with Gasteiger partial charge in [-0.1, -0.05) is 33.3 Å². The van der Waals surface area contributed by atoms with E-state index in [0.717, 1.165) is 6.42 Å². The second-order valence-electron chi connectivity index (χ2n) is 3.60. The molecule has 0 aromatic carbocycles. The van der Waals surface area contributed by atoms with Gasteiger partial charge in [0.05, 0.1) is 5.92 Å². The van der Waals surface area contributed by atoms with Gasteiger partial charge >= 0.3 is 11.9 Å². The smallest absolute Gasteiger partial charge is 0.331 e. The Balaban J connectivity index is 4.85. The summed E-state index contributed by atoms with van der Waals surface area (Å²) >= 11 is 0. The van der Waals surface area contributed by atoms with Crippen molar-refractivity contribution in [2.75, 3.05) is 0 Å².